The van der Waals surface area contributed by atoms with Crippen LogP contribution in [0.25, 0.3) is 20.0 Å². The fraction of sp³-hybridized carbons (Fsp3) is 0.231. The smallest absolute Gasteiger partial charge is 0.150 e. The first-order valence-electron chi connectivity index (χ1n) is 5.83. The Morgan fingerprint density at radius 2 is 1.94 bits per heavy atom. The summed E-state index contributed by atoms with van der Waals surface area (Å²) in [5, 5.41) is 0.556. The molecular weight excluding hydrogens is 284 g/mol. The van der Waals surface area contributed by atoms with Gasteiger partial charge in [-0.1, -0.05) is 11.6 Å². The van der Waals surface area contributed by atoms with Gasteiger partial charge in [0.1, 0.15) is 11.5 Å². The molecule has 5 heteroatoms. The molecular formula is C13H9ClN2S2. The third kappa shape index (κ3) is 1.60. The van der Waals surface area contributed by atoms with Gasteiger partial charge in [0.2, 0.25) is 0 Å². The van der Waals surface area contributed by atoms with Gasteiger partial charge in [0.15, 0.2) is 0 Å². The summed E-state index contributed by atoms with van der Waals surface area (Å²) < 4.78 is 0.989. The number of hydrogen-bond donors (Lipinski definition) is 0. The molecule has 90 valence electrons. The van der Waals surface area contributed by atoms with Crippen LogP contribution in [0.15, 0.2) is 18.5 Å². The molecule has 3 aromatic rings. The Morgan fingerprint density at radius 1 is 1.06 bits per heavy atom. The molecule has 0 saturated carbocycles. The van der Waals surface area contributed by atoms with Crippen molar-refractivity contribution in [3.8, 4) is 9.75 Å². The van der Waals surface area contributed by atoms with E-state index >= 15 is 0 Å². The number of aryl methyl sites for hydroxylation is 2. The molecule has 0 bridgehead atoms. The first kappa shape index (κ1) is 10.9. The summed E-state index contributed by atoms with van der Waals surface area (Å²) in [6.07, 6.45) is 5.31. The second kappa shape index (κ2) is 4.02. The molecule has 0 spiro atoms. The normalized spacial score (nSPS) is 14.3. The van der Waals surface area contributed by atoms with E-state index < -0.39 is 0 Å². The van der Waals surface area contributed by atoms with Crippen LogP contribution in [0.5, 0.6) is 0 Å². The number of hydrogen-bond acceptors (Lipinski definition) is 4. The fourth-order valence-corrected chi connectivity index (χ4v) is 4.97. The van der Waals surface area contributed by atoms with Crippen LogP contribution in [-0.2, 0) is 12.8 Å². The zero-order valence-electron chi connectivity index (χ0n) is 9.44. The van der Waals surface area contributed by atoms with Gasteiger partial charge in [-0.15, -0.1) is 22.7 Å². The van der Waals surface area contributed by atoms with Crippen LogP contribution in [0.3, 0.4) is 0 Å². The summed E-state index contributed by atoms with van der Waals surface area (Å²) in [6.45, 7) is 0. The Kier molecular flexibility index (Phi) is 2.43. The van der Waals surface area contributed by atoms with Crippen LogP contribution >= 0.6 is 34.3 Å². The van der Waals surface area contributed by atoms with E-state index in [4.69, 9.17) is 11.6 Å². The van der Waals surface area contributed by atoms with E-state index in [1.165, 1.54) is 40.9 Å². The maximum Gasteiger partial charge on any atom is 0.150 e. The standard InChI is InChI=1S/C13H9ClN2S2/c14-13-12-8(15-6-16-13)5-11(18-12)10-4-7-2-1-3-9(7)17-10/h4-6H,1-3H2. The van der Waals surface area contributed by atoms with Crippen molar-refractivity contribution in [2.45, 2.75) is 19.3 Å². The van der Waals surface area contributed by atoms with Crippen LogP contribution < -0.4 is 0 Å². The molecule has 0 radical (unpaired) electrons. The number of nitrogens with zero attached hydrogens (tertiary/aromatic N) is 2. The summed E-state index contributed by atoms with van der Waals surface area (Å²) >= 11 is 9.70. The van der Waals surface area contributed by atoms with Gasteiger partial charge in [-0.25, -0.2) is 9.97 Å². The summed E-state index contributed by atoms with van der Waals surface area (Å²) in [6, 6.07) is 4.45. The molecule has 18 heavy (non-hydrogen) atoms. The highest BCUT2D eigenvalue weighted by Crippen LogP contribution is 2.41. The summed E-state index contributed by atoms with van der Waals surface area (Å²) in [4.78, 5) is 12.5. The monoisotopic (exact) mass is 292 g/mol. The van der Waals surface area contributed by atoms with Gasteiger partial charge in [0.05, 0.1) is 10.2 Å². The van der Waals surface area contributed by atoms with Crippen LogP contribution in [0.1, 0.15) is 16.9 Å². The maximum absolute atomic E-state index is 6.10. The molecule has 0 aliphatic heterocycles. The number of fused-ring (bicyclic) bond motifs is 2. The highest BCUT2D eigenvalue weighted by molar-refractivity contribution is 7.26. The Hall–Kier alpha value is -0.970. The number of halogens is 1. The molecule has 0 saturated heterocycles. The first-order chi connectivity index (χ1) is 8.81. The van der Waals surface area contributed by atoms with E-state index in [9.17, 15) is 0 Å². The predicted octanol–water partition coefficient (Wildman–Crippen LogP) is 4.56. The third-order valence-corrected chi connectivity index (χ3v) is 6.22. The summed E-state index contributed by atoms with van der Waals surface area (Å²) in [7, 11) is 0. The molecule has 0 aromatic carbocycles. The number of aromatic nitrogens is 2. The number of rotatable bonds is 1. The molecule has 4 rings (SSSR count). The molecule has 1 aliphatic rings. The topological polar surface area (TPSA) is 25.8 Å². The quantitative estimate of drug-likeness (QED) is 0.614. The highest BCUT2D eigenvalue weighted by Gasteiger charge is 2.17. The lowest BCUT2D eigenvalue weighted by Gasteiger charge is -1.90. The second-order valence-corrected chi connectivity index (χ2v) is 6.95. The van der Waals surface area contributed by atoms with Crippen LogP contribution in [0, 0.1) is 0 Å². The average Bonchev–Trinajstić information content (AvgIpc) is 3.01. The van der Waals surface area contributed by atoms with Crippen LogP contribution in [0.2, 0.25) is 5.15 Å². The van der Waals surface area contributed by atoms with Crippen molar-refractivity contribution >= 4 is 44.5 Å². The average molecular weight is 293 g/mol. The lowest BCUT2D eigenvalue weighted by molar-refractivity contribution is 0.915. The molecule has 0 N–H and O–H groups in total. The highest BCUT2D eigenvalue weighted by atomic mass is 35.5. The van der Waals surface area contributed by atoms with E-state index in [-0.39, 0.29) is 0 Å². The van der Waals surface area contributed by atoms with Gasteiger partial charge >= 0.3 is 0 Å². The zero-order chi connectivity index (χ0) is 12.1. The fourth-order valence-electron chi connectivity index (χ4n) is 2.40. The summed E-state index contributed by atoms with van der Waals surface area (Å²) in [5.41, 5.74) is 2.48. The first-order valence-corrected chi connectivity index (χ1v) is 7.84. The number of thiophene rings is 2. The van der Waals surface area contributed by atoms with Crippen molar-refractivity contribution in [2.24, 2.45) is 0 Å². The van der Waals surface area contributed by atoms with Gasteiger partial charge in [0, 0.05) is 14.6 Å². The Morgan fingerprint density at radius 3 is 2.78 bits per heavy atom. The van der Waals surface area contributed by atoms with E-state index in [1.807, 2.05) is 11.3 Å². The molecule has 0 atom stereocenters. The van der Waals surface area contributed by atoms with Crippen molar-refractivity contribution in [2.75, 3.05) is 0 Å². The minimum atomic E-state index is 0.556. The van der Waals surface area contributed by atoms with E-state index in [0.29, 0.717) is 5.15 Å². The SMILES string of the molecule is Clc1ncnc2cc(-c3cc4c(s3)CCC4)sc12. The van der Waals surface area contributed by atoms with Crippen molar-refractivity contribution in [3.63, 3.8) is 0 Å². The molecule has 2 nitrogen and oxygen atoms in total. The third-order valence-electron chi connectivity index (χ3n) is 3.26. The lowest BCUT2D eigenvalue weighted by Crippen LogP contribution is -1.76. The van der Waals surface area contributed by atoms with Gasteiger partial charge in [-0.05, 0) is 37.0 Å². The molecule has 0 unspecified atom stereocenters. The van der Waals surface area contributed by atoms with Gasteiger partial charge in [-0.2, -0.15) is 0 Å². The van der Waals surface area contributed by atoms with Crippen molar-refractivity contribution in [1.29, 1.82) is 0 Å². The summed E-state index contributed by atoms with van der Waals surface area (Å²) in [5.74, 6) is 0. The van der Waals surface area contributed by atoms with E-state index in [2.05, 4.69) is 22.1 Å². The largest absolute Gasteiger partial charge is 0.235 e. The molecule has 0 amide bonds. The Bertz CT molecular complexity index is 723. The molecule has 0 fully saturated rings. The Labute approximate surface area is 117 Å². The van der Waals surface area contributed by atoms with Crippen molar-refractivity contribution < 1.29 is 0 Å². The van der Waals surface area contributed by atoms with E-state index in [1.54, 1.807) is 16.2 Å². The predicted molar refractivity (Wildman–Crippen MR) is 77.8 cm³/mol. The minimum Gasteiger partial charge on any atom is -0.235 e. The van der Waals surface area contributed by atoms with Crippen molar-refractivity contribution in [3.05, 3.63) is 34.1 Å². The second-order valence-electron chi connectivity index (χ2n) is 4.40. The zero-order valence-corrected chi connectivity index (χ0v) is 11.8. The van der Waals surface area contributed by atoms with Gasteiger partial charge < -0.3 is 0 Å². The van der Waals surface area contributed by atoms with Crippen LogP contribution in [-0.4, -0.2) is 9.97 Å². The lowest BCUT2D eigenvalue weighted by atomic mass is 10.2. The minimum absolute atomic E-state index is 0.556. The van der Waals surface area contributed by atoms with E-state index in [0.717, 1.165) is 10.2 Å². The van der Waals surface area contributed by atoms with Gasteiger partial charge in [0.25, 0.3) is 0 Å². The Balaban J connectivity index is 1.88. The van der Waals surface area contributed by atoms with Crippen molar-refractivity contribution in [1.82, 2.24) is 9.97 Å². The maximum atomic E-state index is 6.10. The van der Waals surface area contributed by atoms with Gasteiger partial charge in [-0.3, -0.25) is 0 Å². The molecule has 3 heterocycles. The molecule has 1 aliphatic carbocycles. The van der Waals surface area contributed by atoms with Crippen LogP contribution in [0.4, 0.5) is 0 Å². The molecule has 3 aromatic heterocycles.